The molecule has 0 unspecified atom stereocenters. The van der Waals surface area contributed by atoms with E-state index in [0.29, 0.717) is 5.96 Å². The molecule has 0 rings (SSSR count). The van der Waals surface area contributed by atoms with Gasteiger partial charge in [-0.25, -0.2) is 5.84 Å². The van der Waals surface area contributed by atoms with E-state index in [1.54, 1.807) is 7.11 Å². The van der Waals surface area contributed by atoms with Gasteiger partial charge in [0, 0.05) is 26.8 Å². The topological polar surface area (TPSA) is 71.7 Å². The van der Waals surface area contributed by atoms with Crippen molar-refractivity contribution in [2.45, 2.75) is 26.2 Å². The molecule has 0 spiro atoms. The molecule has 0 saturated heterocycles. The smallest absolute Gasteiger partial charge is 0.205 e. The summed E-state index contributed by atoms with van der Waals surface area (Å²) in [6.07, 6.45) is 3.31. The van der Waals surface area contributed by atoms with E-state index in [-0.39, 0.29) is 0 Å². The van der Waals surface area contributed by atoms with E-state index in [9.17, 15) is 0 Å². The number of hydrogen-bond donors (Lipinski definition) is 3. The van der Waals surface area contributed by atoms with Crippen molar-refractivity contribution in [1.82, 2.24) is 10.7 Å². The van der Waals surface area contributed by atoms with Gasteiger partial charge in [-0.2, -0.15) is 0 Å². The van der Waals surface area contributed by atoms with Crippen molar-refractivity contribution in [2.24, 2.45) is 10.8 Å². The molecule has 0 aliphatic carbocycles. The maximum absolute atomic E-state index is 5.26. The molecule has 4 N–H and O–H groups in total. The van der Waals surface area contributed by atoms with Crippen LogP contribution in [0.3, 0.4) is 0 Å². The van der Waals surface area contributed by atoms with Gasteiger partial charge >= 0.3 is 0 Å². The summed E-state index contributed by atoms with van der Waals surface area (Å²) >= 11 is 0. The Bertz CT molecular complexity index is 150. The van der Waals surface area contributed by atoms with E-state index in [4.69, 9.17) is 10.6 Å². The van der Waals surface area contributed by atoms with Gasteiger partial charge in [0.05, 0.1) is 0 Å². The minimum atomic E-state index is 0.666. The molecule has 0 aliphatic heterocycles. The monoisotopic (exact) mass is 202 g/mol. The molecule has 0 aromatic carbocycles. The number of hydrogen-bond acceptors (Lipinski definition) is 3. The number of hydrazine groups is 1. The minimum Gasteiger partial charge on any atom is -0.385 e. The normalized spacial score (nSPS) is 11.5. The number of guanidine groups is 1. The maximum atomic E-state index is 5.26. The molecule has 0 amide bonds. The molecular weight excluding hydrogens is 180 g/mol. The maximum Gasteiger partial charge on any atom is 0.205 e. The molecule has 84 valence electrons. The number of nitrogens with one attached hydrogen (secondary N) is 2. The van der Waals surface area contributed by atoms with Crippen LogP contribution in [-0.4, -0.2) is 32.8 Å². The van der Waals surface area contributed by atoms with Crippen molar-refractivity contribution >= 4 is 5.96 Å². The number of aliphatic imine (C=N–C) groups is 1. The van der Waals surface area contributed by atoms with Crippen LogP contribution in [0, 0.1) is 0 Å². The van der Waals surface area contributed by atoms with Crippen LogP contribution in [0.5, 0.6) is 0 Å². The van der Waals surface area contributed by atoms with Gasteiger partial charge < -0.3 is 10.1 Å². The lowest BCUT2D eigenvalue weighted by atomic mass is 10.2. The third-order valence-electron chi connectivity index (χ3n) is 1.76. The second-order valence-electron chi connectivity index (χ2n) is 2.96. The zero-order valence-corrected chi connectivity index (χ0v) is 9.18. The fraction of sp³-hybridized carbons (Fsp3) is 0.889. The molecule has 5 heteroatoms. The first-order valence-electron chi connectivity index (χ1n) is 5.09. The number of ether oxygens (including phenoxy) is 1. The number of nitrogens with zero attached hydrogens (tertiary/aromatic N) is 1. The van der Waals surface area contributed by atoms with Crippen LogP contribution < -0.4 is 16.6 Å². The lowest BCUT2D eigenvalue weighted by molar-refractivity contribution is 0.192. The molecular formula is C9H22N4O. The lowest BCUT2D eigenvalue weighted by Crippen LogP contribution is -2.41. The van der Waals surface area contributed by atoms with Gasteiger partial charge in [0.25, 0.3) is 0 Å². The van der Waals surface area contributed by atoms with Crippen molar-refractivity contribution in [1.29, 1.82) is 0 Å². The number of methoxy groups -OCH3 is 1. The van der Waals surface area contributed by atoms with Crippen LogP contribution in [-0.2, 0) is 4.74 Å². The summed E-state index contributed by atoms with van der Waals surface area (Å²) in [6, 6.07) is 0. The van der Waals surface area contributed by atoms with Crippen molar-refractivity contribution in [3.63, 3.8) is 0 Å². The summed E-state index contributed by atoms with van der Waals surface area (Å²) in [4.78, 5) is 4.26. The van der Waals surface area contributed by atoms with E-state index >= 15 is 0 Å². The predicted molar refractivity (Wildman–Crippen MR) is 59.0 cm³/mol. The third kappa shape index (κ3) is 7.82. The molecule has 0 saturated carbocycles. The van der Waals surface area contributed by atoms with E-state index in [1.165, 1.54) is 0 Å². The second-order valence-corrected chi connectivity index (χ2v) is 2.96. The summed E-state index contributed by atoms with van der Waals surface area (Å²) in [5, 5.41) is 3.02. The second kappa shape index (κ2) is 10.3. The Balaban J connectivity index is 3.38. The molecule has 5 nitrogen and oxygen atoms in total. The van der Waals surface area contributed by atoms with Crippen LogP contribution in [0.25, 0.3) is 0 Å². The first-order valence-corrected chi connectivity index (χ1v) is 5.09. The third-order valence-corrected chi connectivity index (χ3v) is 1.76. The molecule has 0 aromatic heterocycles. The molecule has 0 aromatic rings. The fourth-order valence-corrected chi connectivity index (χ4v) is 1.05. The van der Waals surface area contributed by atoms with Gasteiger partial charge in [0.1, 0.15) is 0 Å². The minimum absolute atomic E-state index is 0.666. The van der Waals surface area contributed by atoms with Crippen molar-refractivity contribution in [3.8, 4) is 0 Å². The fourth-order valence-electron chi connectivity index (χ4n) is 1.05. The average Bonchev–Trinajstić information content (AvgIpc) is 2.21. The Morgan fingerprint density at radius 3 is 2.71 bits per heavy atom. The van der Waals surface area contributed by atoms with Gasteiger partial charge in [0.15, 0.2) is 0 Å². The van der Waals surface area contributed by atoms with Gasteiger partial charge in [-0.3, -0.25) is 10.4 Å². The molecule has 0 fully saturated rings. The van der Waals surface area contributed by atoms with Crippen molar-refractivity contribution < 1.29 is 4.74 Å². The summed E-state index contributed by atoms with van der Waals surface area (Å²) < 4.78 is 4.95. The average molecular weight is 202 g/mol. The number of unbranched alkanes of at least 4 members (excludes halogenated alkanes) is 2. The van der Waals surface area contributed by atoms with E-state index in [2.05, 4.69) is 15.7 Å². The Morgan fingerprint density at radius 2 is 2.14 bits per heavy atom. The summed E-state index contributed by atoms with van der Waals surface area (Å²) in [7, 11) is 1.72. The number of rotatable bonds is 7. The number of nitrogens with two attached hydrogens (primary N) is 1. The quantitative estimate of drug-likeness (QED) is 0.182. The summed E-state index contributed by atoms with van der Waals surface area (Å²) in [6.45, 7) is 4.47. The standard InChI is InChI=1S/C9H22N4O/c1-3-11-9(13-10)12-7-5-4-6-8-14-2/h3-8,10H2,1-2H3,(H2,11,12,13). The SMILES string of the molecule is CCNC(=NCCCCCOC)NN. The van der Waals surface area contributed by atoms with Crippen LogP contribution in [0.1, 0.15) is 26.2 Å². The predicted octanol–water partition coefficient (Wildman–Crippen LogP) is 0.232. The van der Waals surface area contributed by atoms with E-state index < -0.39 is 0 Å². The van der Waals surface area contributed by atoms with Crippen molar-refractivity contribution in [2.75, 3.05) is 26.8 Å². The van der Waals surface area contributed by atoms with Crippen molar-refractivity contribution in [3.05, 3.63) is 0 Å². The zero-order chi connectivity index (χ0) is 10.6. The Kier molecular flexibility index (Phi) is 9.68. The first kappa shape index (κ1) is 13.2. The highest BCUT2D eigenvalue weighted by Gasteiger charge is 1.92. The summed E-state index contributed by atoms with van der Waals surface area (Å²) in [5.41, 5.74) is 2.52. The van der Waals surface area contributed by atoms with Crippen LogP contribution in [0.4, 0.5) is 0 Å². The van der Waals surface area contributed by atoms with Crippen LogP contribution in [0.2, 0.25) is 0 Å². The summed E-state index contributed by atoms with van der Waals surface area (Å²) in [5.74, 6) is 5.92. The van der Waals surface area contributed by atoms with Gasteiger partial charge in [0.2, 0.25) is 5.96 Å². The van der Waals surface area contributed by atoms with E-state index in [1.807, 2.05) is 6.92 Å². The lowest BCUT2D eigenvalue weighted by Gasteiger charge is -2.06. The first-order chi connectivity index (χ1) is 6.85. The molecule has 0 atom stereocenters. The Hall–Kier alpha value is -0.810. The molecule has 0 radical (unpaired) electrons. The zero-order valence-electron chi connectivity index (χ0n) is 9.18. The Labute approximate surface area is 86.1 Å². The Morgan fingerprint density at radius 1 is 1.36 bits per heavy atom. The van der Waals surface area contributed by atoms with Gasteiger partial charge in [-0.15, -0.1) is 0 Å². The molecule has 14 heavy (non-hydrogen) atoms. The highest BCUT2D eigenvalue weighted by Crippen LogP contribution is 1.95. The van der Waals surface area contributed by atoms with Gasteiger partial charge in [-0.1, -0.05) is 0 Å². The highest BCUT2D eigenvalue weighted by molar-refractivity contribution is 5.78. The largest absolute Gasteiger partial charge is 0.385 e. The molecule has 0 heterocycles. The molecule has 0 aliphatic rings. The van der Waals surface area contributed by atoms with Crippen LogP contribution in [0.15, 0.2) is 4.99 Å². The van der Waals surface area contributed by atoms with Gasteiger partial charge in [-0.05, 0) is 26.2 Å². The molecule has 0 bridgehead atoms. The highest BCUT2D eigenvalue weighted by atomic mass is 16.5. The van der Waals surface area contributed by atoms with Crippen LogP contribution >= 0.6 is 0 Å². The van der Waals surface area contributed by atoms with E-state index in [0.717, 1.165) is 39.0 Å².